The molecular formula is C15H21N3O3. The third-order valence-corrected chi connectivity index (χ3v) is 3.98. The van der Waals surface area contributed by atoms with Crippen LogP contribution in [0.25, 0.3) is 0 Å². The minimum atomic E-state index is -0.459. The summed E-state index contributed by atoms with van der Waals surface area (Å²) in [6.07, 6.45) is 3.31. The van der Waals surface area contributed by atoms with Gasteiger partial charge in [0.25, 0.3) is 11.6 Å². The second kappa shape index (κ2) is 7.17. The zero-order valence-electron chi connectivity index (χ0n) is 12.2. The predicted molar refractivity (Wildman–Crippen MR) is 80.4 cm³/mol. The number of piperidine rings is 1. The van der Waals surface area contributed by atoms with Gasteiger partial charge < -0.3 is 10.6 Å². The molecule has 0 saturated carbocycles. The third kappa shape index (κ3) is 4.01. The minimum absolute atomic E-state index is 0.0147. The van der Waals surface area contributed by atoms with Crippen molar-refractivity contribution < 1.29 is 9.72 Å². The summed E-state index contributed by atoms with van der Waals surface area (Å²) in [5.74, 6) is 0.366. The molecule has 0 bridgehead atoms. The van der Waals surface area contributed by atoms with Gasteiger partial charge in [-0.25, -0.2) is 0 Å². The highest BCUT2D eigenvalue weighted by molar-refractivity contribution is 5.96. The normalized spacial score (nSPS) is 18.2. The number of nitrogens with one attached hydrogen (secondary N) is 2. The van der Waals surface area contributed by atoms with E-state index in [2.05, 4.69) is 10.6 Å². The third-order valence-electron chi connectivity index (χ3n) is 3.98. The van der Waals surface area contributed by atoms with Crippen molar-refractivity contribution in [2.24, 2.45) is 5.92 Å². The van der Waals surface area contributed by atoms with Crippen molar-refractivity contribution in [3.8, 4) is 0 Å². The molecule has 6 heteroatoms. The standard InChI is InChI=1S/C15H21N3O3/c1-11-13(5-2-6-14(11)18(20)21)15(19)17-9-7-12-4-3-8-16-10-12/h2,5-6,12,16H,3-4,7-10H2,1H3,(H,17,19). The first-order valence-corrected chi connectivity index (χ1v) is 7.32. The first kappa shape index (κ1) is 15.4. The van der Waals surface area contributed by atoms with Gasteiger partial charge in [0.05, 0.1) is 4.92 Å². The number of nitro groups is 1. The molecule has 1 amide bonds. The Morgan fingerprint density at radius 3 is 3.00 bits per heavy atom. The molecule has 1 saturated heterocycles. The van der Waals surface area contributed by atoms with E-state index in [1.54, 1.807) is 19.1 Å². The first-order chi connectivity index (χ1) is 10.1. The monoisotopic (exact) mass is 291 g/mol. The Bertz CT molecular complexity index is 525. The lowest BCUT2D eigenvalue weighted by molar-refractivity contribution is -0.385. The van der Waals surface area contributed by atoms with Crippen molar-refractivity contribution >= 4 is 11.6 Å². The summed E-state index contributed by atoms with van der Waals surface area (Å²) in [5.41, 5.74) is 0.782. The summed E-state index contributed by atoms with van der Waals surface area (Å²) in [7, 11) is 0. The lowest BCUT2D eigenvalue weighted by atomic mass is 9.96. The lowest BCUT2D eigenvalue weighted by Gasteiger charge is -2.22. The number of nitrogens with zero attached hydrogens (tertiary/aromatic N) is 1. The molecule has 1 aromatic rings. The molecule has 1 aromatic carbocycles. The van der Waals surface area contributed by atoms with Crippen LogP contribution in [0.15, 0.2) is 18.2 Å². The van der Waals surface area contributed by atoms with Crippen molar-refractivity contribution in [2.45, 2.75) is 26.2 Å². The van der Waals surface area contributed by atoms with Crippen LogP contribution in [-0.4, -0.2) is 30.5 Å². The minimum Gasteiger partial charge on any atom is -0.352 e. The van der Waals surface area contributed by atoms with Crippen LogP contribution in [0.4, 0.5) is 5.69 Å². The number of carbonyl (C=O) groups is 1. The summed E-state index contributed by atoms with van der Waals surface area (Å²) in [6.45, 7) is 4.30. The van der Waals surface area contributed by atoms with Crippen molar-refractivity contribution in [1.82, 2.24) is 10.6 Å². The first-order valence-electron chi connectivity index (χ1n) is 7.32. The number of carbonyl (C=O) groups excluding carboxylic acids is 1. The topological polar surface area (TPSA) is 84.3 Å². The molecule has 1 unspecified atom stereocenters. The lowest BCUT2D eigenvalue weighted by Crippen LogP contribution is -2.33. The number of amides is 1. The maximum atomic E-state index is 12.1. The van der Waals surface area contributed by atoms with Gasteiger partial charge in [-0.2, -0.15) is 0 Å². The molecule has 0 radical (unpaired) electrons. The van der Waals surface area contributed by atoms with E-state index in [0.717, 1.165) is 19.5 Å². The van der Waals surface area contributed by atoms with Crippen LogP contribution in [0, 0.1) is 23.0 Å². The van der Waals surface area contributed by atoms with Crippen molar-refractivity contribution in [3.63, 3.8) is 0 Å². The molecule has 1 heterocycles. The molecule has 2 rings (SSSR count). The van der Waals surface area contributed by atoms with Crippen LogP contribution in [-0.2, 0) is 0 Å². The van der Waals surface area contributed by atoms with E-state index >= 15 is 0 Å². The summed E-state index contributed by atoms with van der Waals surface area (Å²) in [4.78, 5) is 22.6. The molecule has 1 atom stereocenters. The van der Waals surface area contributed by atoms with Crippen LogP contribution in [0.2, 0.25) is 0 Å². The number of benzene rings is 1. The van der Waals surface area contributed by atoms with E-state index in [0.29, 0.717) is 23.6 Å². The molecule has 0 aliphatic carbocycles. The molecule has 114 valence electrons. The van der Waals surface area contributed by atoms with E-state index in [4.69, 9.17) is 0 Å². The molecule has 1 aliphatic rings. The highest BCUT2D eigenvalue weighted by Crippen LogP contribution is 2.21. The molecule has 0 spiro atoms. The van der Waals surface area contributed by atoms with E-state index < -0.39 is 4.92 Å². The summed E-state index contributed by atoms with van der Waals surface area (Å²) >= 11 is 0. The van der Waals surface area contributed by atoms with Crippen molar-refractivity contribution in [3.05, 3.63) is 39.4 Å². The Hall–Kier alpha value is -1.95. The molecule has 1 aliphatic heterocycles. The summed E-state index contributed by atoms with van der Waals surface area (Å²) in [6, 6.07) is 4.59. The van der Waals surface area contributed by atoms with Crippen molar-refractivity contribution in [2.75, 3.05) is 19.6 Å². The number of hydrogen-bond acceptors (Lipinski definition) is 4. The van der Waals surface area contributed by atoms with E-state index in [-0.39, 0.29) is 11.6 Å². The molecule has 0 aromatic heterocycles. The van der Waals surface area contributed by atoms with E-state index in [1.807, 2.05) is 0 Å². The number of hydrogen-bond donors (Lipinski definition) is 2. The molecule has 2 N–H and O–H groups in total. The van der Waals surface area contributed by atoms with Gasteiger partial charge in [-0.3, -0.25) is 14.9 Å². The van der Waals surface area contributed by atoms with Gasteiger partial charge in [0, 0.05) is 23.7 Å². The molecule has 6 nitrogen and oxygen atoms in total. The average Bonchev–Trinajstić information content (AvgIpc) is 2.48. The summed E-state index contributed by atoms with van der Waals surface area (Å²) in [5, 5.41) is 17.1. The Morgan fingerprint density at radius 2 is 2.33 bits per heavy atom. The molecule has 1 fully saturated rings. The number of nitro benzene ring substituents is 1. The summed E-state index contributed by atoms with van der Waals surface area (Å²) < 4.78 is 0. The van der Waals surface area contributed by atoms with Gasteiger partial charge in [-0.05, 0) is 51.3 Å². The SMILES string of the molecule is Cc1c(C(=O)NCCC2CCCNC2)cccc1[N+](=O)[O-]. The Balaban J connectivity index is 1.91. The van der Waals surface area contributed by atoms with Crippen LogP contribution in [0.1, 0.15) is 35.2 Å². The Labute approximate surface area is 124 Å². The largest absolute Gasteiger partial charge is 0.352 e. The van der Waals surface area contributed by atoms with Gasteiger partial charge in [-0.15, -0.1) is 0 Å². The van der Waals surface area contributed by atoms with Crippen LogP contribution in [0.5, 0.6) is 0 Å². The average molecular weight is 291 g/mol. The zero-order chi connectivity index (χ0) is 15.2. The van der Waals surface area contributed by atoms with Gasteiger partial charge in [0.2, 0.25) is 0 Å². The fourth-order valence-corrected chi connectivity index (χ4v) is 2.72. The maximum Gasteiger partial charge on any atom is 0.273 e. The zero-order valence-corrected chi connectivity index (χ0v) is 12.2. The van der Waals surface area contributed by atoms with Crippen LogP contribution >= 0.6 is 0 Å². The second-order valence-electron chi connectivity index (χ2n) is 5.46. The highest BCUT2D eigenvalue weighted by atomic mass is 16.6. The molecular weight excluding hydrogens is 270 g/mol. The smallest absolute Gasteiger partial charge is 0.273 e. The fraction of sp³-hybridized carbons (Fsp3) is 0.533. The highest BCUT2D eigenvalue weighted by Gasteiger charge is 2.18. The van der Waals surface area contributed by atoms with Gasteiger partial charge >= 0.3 is 0 Å². The maximum absolute atomic E-state index is 12.1. The van der Waals surface area contributed by atoms with Crippen LogP contribution in [0.3, 0.4) is 0 Å². The fourth-order valence-electron chi connectivity index (χ4n) is 2.72. The van der Waals surface area contributed by atoms with Crippen LogP contribution < -0.4 is 10.6 Å². The van der Waals surface area contributed by atoms with Gasteiger partial charge in [0.15, 0.2) is 0 Å². The predicted octanol–water partition coefficient (Wildman–Crippen LogP) is 2.02. The Morgan fingerprint density at radius 1 is 1.52 bits per heavy atom. The van der Waals surface area contributed by atoms with Gasteiger partial charge in [-0.1, -0.05) is 6.07 Å². The second-order valence-corrected chi connectivity index (χ2v) is 5.46. The quantitative estimate of drug-likeness (QED) is 0.642. The Kier molecular flexibility index (Phi) is 5.27. The van der Waals surface area contributed by atoms with E-state index in [9.17, 15) is 14.9 Å². The molecule has 21 heavy (non-hydrogen) atoms. The van der Waals surface area contributed by atoms with E-state index in [1.165, 1.54) is 18.9 Å². The van der Waals surface area contributed by atoms with Gasteiger partial charge in [0.1, 0.15) is 0 Å². The number of rotatable bonds is 5. The van der Waals surface area contributed by atoms with Crippen molar-refractivity contribution in [1.29, 1.82) is 0 Å².